The molecule has 0 aliphatic rings. The average Bonchev–Trinajstić information content (AvgIpc) is 3.06. The maximum Gasteiger partial charge on any atom is 0.253 e. The summed E-state index contributed by atoms with van der Waals surface area (Å²) in [5, 5.41) is 4.03. The van der Waals surface area contributed by atoms with Gasteiger partial charge < -0.3 is 9.73 Å². The van der Waals surface area contributed by atoms with Crippen molar-refractivity contribution in [3.05, 3.63) is 64.4 Å². The number of amides is 1. The zero-order chi connectivity index (χ0) is 22.1. The lowest BCUT2D eigenvalue weighted by Gasteiger charge is -2.19. The van der Waals surface area contributed by atoms with E-state index in [1.807, 2.05) is 38.1 Å². The lowest BCUT2D eigenvalue weighted by Crippen LogP contribution is -2.31. The summed E-state index contributed by atoms with van der Waals surface area (Å²) in [6, 6.07) is 11.4. The monoisotopic (exact) mass is 448 g/mol. The van der Waals surface area contributed by atoms with E-state index in [0.717, 1.165) is 16.5 Å². The van der Waals surface area contributed by atoms with E-state index in [1.165, 1.54) is 22.5 Å². The molecule has 0 spiro atoms. The number of halogens is 1. The molecule has 0 bridgehead atoms. The fraction of sp³-hybridized carbons (Fsp3) is 0.318. The van der Waals surface area contributed by atoms with Crippen LogP contribution in [-0.2, 0) is 10.0 Å². The molecular formula is C22H25ClN2O4S. The lowest BCUT2D eigenvalue weighted by atomic mass is 10.1. The van der Waals surface area contributed by atoms with E-state index in [4.69, 9.17) is 16.0 Å². The van der Waals surface area contributed by atoms with Gasteiger partial charge in [-0.3, -0.25) is 4.79 Å². The zero-order valence-corrected chi connectivity index (χ0v) is 19.0. The number of furan rings is 1. The Hall–Kier alpha value is -2.35. The summed E-state index contributed by atoms with van der Waals surface area (Å²) in [6.07, 6.45) is 0. The molecule has 0 aliphatic heterocycles. The first-order chi connectivity index (χ1) is 14.2. The summed E-state index contributed by atoms with van der Waals surface area (Å²) in [6.45, 7) is 7.96. The van der Waals surface area contributed by atoms with Crippen LogP contribution >= 0.6 is 11.6 Å². The summed E-state index contributed by atoms with van der Waals surface area (Å²) >= 11 is 6.22. The smallest absolute Gasteiger partial charge is 0.253 e. The Morgan fingerprint density at radius 3 is 2.47 bits per heavy atom. The second kappa shape index (κ2) is 8.79. The summed E-state index contributed by atoms with van der Waals surface area (Å²) in [4.78, 5) is 13.0. The summed E-state index contributed by atoms with van der Waals surface area (Å²) in [5.74, 6) is 0.177. The van der Waals surface area contributed by atoms with Crippen LogP contribution in [-0.4, -0.2) is 31.7 Å². The van der Waals surface area contributed by atoms with Gasteiger partial charge in [0.25, 0.3) is 5.91 Å². The predicted molar refractivity (Wildman–Crippen MR) is 118 cm³/mol. The van der Waals surface area contributed by atoms with Gasteiger partial charge in [0.05, 0.1) is 21.5 Å². The van der Waals surface area contributed by atoms with E-state index in [-0.39, 0.29) is 15.5 Å². The normalized spacial score (nSPS) is 13.0. The Morgan fingerprint density at radius 2 is 1.83 bits per heavy atom. The van der Waals surface area contributed by atoms with Crippen molar-refractivity contribution in [1.29, 1.82) is 0 Å². The Bertz CT molecular complexity index is 1180. The van der Waals surface area contributed by atoms with Gasteiger partial charge in [-0.1, -0.05) is 43.6 Å². The number of para-hydroxylation sites is 1. The molecule has 8 heteroatoms. The Kier molecular flexibility index (Phi) is 6.55. The highest BCUT2D eigenvalue weighted by Gasteiger charge is 2.25. The van der Waals surface area contributed by atoms with Crippen LogP contribution in [0.5, 0.6) is 0 Å². The van der Waals surface area contributed by atoms with Crippen LogP contribution in [0.3, 0.4) is 0 Å². The largest absolute Gasteiger partial charge is 0.459 e. The van der Waals surface area contributed by atoms with Gasteiger partial charge in [0.1, 0.15) is 11.3 Å². The second-order valence-electron chi connectivity index (χ2n) is 7.01. The standard InChI is InChI=1S/C22H25ClN2O4S/c1-5-25(6-2)30(27,28)16-11-12-19(23)18(13-16)22(26)24-15(4)21-14(3)17-9-7-8-10-20(17)29-21/h7-13,15H,5-6H2,1-4H3,(H,24,26). The Morgan fingerprint density at radius 1 is 1.17 bits per heavy atom. The first-order valence-corrected chi connectivity index (χ1v) is 11.6. The molecule has 160 valence electrons. The van der Waals surface area contributed by atoms with Gasteiger partial charge in [0.15, 0.2) is 0 Å². The van der Waals surface area contributed by atoms with Crippen molar-refractivity contribution in [2.75, 3.05) is 13.1 Å². The molecule has 1 aromatic heterocycles. The molecule has 6 nitrogen and oxygen atoms in total. The van der Waals surface area contributed by atoms with E-state index in [2.05, 4.69) is 5.32 Å². The molecule has 0 aliphatic carbocycles. The summed E-state index contributed by atoms with van der Waals surface area (Å²) < 4.78 is 32.9. The summed E-state index contributed by atoms with van der Waals surface area (Å²) in [7, 11) is -3.70. The van der Waals surface area contributed by atoms with Gasteiger partial charge in [-0.15, -0.1) is 0 Å². The van der Waals surface area contributed by atoms with Crippen LogP contribution in [0.4, 0.5) is 0 Å². The van der Waals surface area contributed by atoms with E-state index in [9.17, 15) is 13.2 Å². The van der Waals surface area contributed by atoms with Gasteiger partial charge in [-0.2, -0.15) is 4.31 Å². The van der Waals surface area contributed by atoms with Gasteiger partial charge in [-0.05, 0) is 38.1 Å². The zero-order valence-electron chi connectivity index (χ0n) is 17.4. The fourth-order valence-electron chi connectivity index (χ4n) is 3.50. The number of carbonyl (C=O) groups is 1. The van der Waals surface area contributed by atoms with Gasteiger partial charge >= 0.3 is 0 Å². The first-order valence-electron chi connectivity index (χ1n) is 9.79. The number of nitrogens with zero attached hydrogens (tertiary/aromatic N) is 1. The van der Waals surface area contributed by atoms with Gasteiger partial charge in [0, 0.05) is 24.0 Å². The van der Waals surface area contributed by atoms with E-state index in [1.54, 1.807) is 13.8 Å². The van der Waals surface area contributed by atoms with Crippen LogP contribution in [0, 0.1) is 6.92 Å². The van der Waals surface area contributed by atoms with Crippen molar-refractivity contribution in [2.45, 2.75) is 38.6 Å². The maximum atomic E-state index is 12.9. The number of rotatable bonds is 7. The number of nitrogens with one attached hydrogen (secondary N) is 1. The second-order valence-corrected chi connectivity index (χ2v) is 9.36. The molecular weight excluding hydrogens is 424 g/mol. The van der Waals surface area contributed by atoms with E-state index < -0.39 is 22.0 Å². The van der Waals surface area contributed by atoms with Gasteiger partial charge in [-0.25, -0.2) is 8.42 Å². The molecule has 0 saturated heterocycles. The van der Waals surface area contributed by atoms with Crippen molar-refractivity contribution in [3.63, 3.8) is 0 Å². The van der Waals surface area contributed by atoms with Crippen molar-refractivity contribution in [3.8, 4) is 0 Å². The van der Waals surface area contributed by atoms with Crippen LogP contribution in [0.15, 0.2) is 51.8 Å². The molecule has 1 amide bonds. The third-order valence-corrected chi connectivity index (χ3v) is 7.52. The highest BCUT2D eigenvalue weighted by Crippen LogP contribution is 2.30. The molecule has 30 heavy (non-hydrogen) atoms. The fourth-order valence-corrected chi connectivity index (χ4v) is 5.19. The molecule has 1 unspecified atom stereocenters. The quantitative estimate of drug-likeness (QED) is 0.556. The Balaban J connectivity index is 1.90. The van der Waals surface area contributed by atoms with Crippen LogP contribution in [0.2, 0.25) is 5.02 Å². The minimum absolute atomic E-state index is 0.0355. The number of sulfonamides is 1. The molecule has 1 heterocycles. The number of benzene rings is 2. The number of aryl methyl sites for hydroxylation is 1. The number of fused-ring (bicyclic) bond motifs is 1. The van der Waals surface area contributed by atoms with Crippen molar-refractivity contribution < 1.29 is 17.6 Å². The average molecular weight is 449 g/mol. The molecule has 0 saturated carbocycles. The minimum Gasteiger partial charge on any atom is -0.459 e. The maximum absolute atomic E-state index is 12.9. The molecule has 3 rings (SSSR count). The number of carbonyl (C=O) groups excluding carboxylic acids is 1. The van der Waals surface area contributed by atoms with Crippen LogP contribution in [0.1, 0.15) is 48.5 Å². The van der Waals surface area contributed by atoms with Crippen molar-refractivity contribution >= 4 is 38.5 Å². The topological polar surface area (TPSA) is 79.6 Å². The summed E-state index contributed by atoms with van der Waals surface area (Å²) in [5.41, 5.74) is 1.80. The third kappa shape index (κ3) is 4.10. The van der Waals surface area contributed by atoms with Crippen LogP contribution in [0.25, 0.3) is 11.0 Å². The molecule has 1 atom stereocenters. The highest BCUT2D eigenvalue weighted by atomic mass is 35.5. The molecule has 1 N–H and O–H groups in total. The molecule has 2 aromatic carbocycles. The Labute approximate surface area is 181 Å². The van der Waals surface area contributed by atoms with Crippen molar-refractivity contribution in [1.82, 2.24) is 9.62 Å². The number of hydrogen-bond donors (Lipinski definition) is 1. The highest BCUT2D eigenvalue weighted by molar-refractivity contribution is 7.89. The van der Waals surface area contributed by atoms with Crippen LogP contribution < -0.4 is 5.32 Å². The number of hydrogen-bond acceptors (Lipinski definition) is 4. The predicted octanol–water partition coefficient (Wildman–Crippen LogP) is 4.92. The molecule has 0 radical (unpaired) electrons. The minimum atomic E-state index is -3.70. The SMILES string of the molecule is CCN(CC)S(=O)(=O)c1ccc(Cl)c(C(=O)NC(C)c2oc3ccccc3c2C)c1. The van der Waals surface area contributed by atoms with E-state index in [0.29, 0.717) is 18.8 Å². The molecule has 0 fully saturated rings. The van der Waals surface area contributed by atoms with Gasteiger partial charge in [0.2, 0.25) is 10.0 Å². The third-order valence-electron chi connectivity index (χ3n) is 5.15. The van der Waals surface area contributed by atoms with Crippen molar-refractivity contribution in [2.24, 2.45) is 0 Å². The first kappa shape index (κ1) is 22.3. The molecule has 3 aromatic rings. The lowest BCUT2D eigenvalue weighted by molar-refractivity contribution is 0.0935. The van der Waals surface area contributed by atoms with E-state index >= 15 is 0 Å².